The predicted molar refractivity (Wildman–Crippen MR) is 74.0 cm³/mol. The Kier molecular flexibility index (Phi) is 3.57. The lowest BCUT2D eigenvalue weighted by Crippen LogP contribution is -2.45. The third-order valence-electron chi connectivity index (χ3n) is 3.71. The van der Waals surface area contributed by atoms with E-state index in [1.54, 1.807) is 6.92 Å². The molecule has 1 saturated carbocycles. The van der Waals surface area contributed by atoms with Gasteiger partial charge < -0.3 is 9.64 Å². The fraction of sp³-hybridized carbons (Fsp3) is 0.500. The Morgan fingerprint density at radius 2 is 2.29 bits per heavy atom. The SMILES string of the molecule is CCOC(=O)C1CN(C2CC2)c2nc(Cl)c(F)cc2C1=O. The number of halogens is 2. The van der Waals surface area contributed by atoms with Gasteiger partial charge in [0.1, 0.15) is 11.7 Å². The number of esters is 1. The molecule has 0 radical (unpaired) electrons. The van der Waals surface area contributed by atoms with E-state index < -0.39 is 23.5 Å². The van der Waals surface area contributed by atoms with E-state index in [1.807, 2.05) is 4.90 Å². The summed E-state index contributed by atoms with van der Waals surface area (Å²) in [6.45, 7) is 2.09. The van der Waals surface area contributed by atoms with Crippen LogP contribution in [0.3, 0.4) is 0 Å². The van der Waals surface area contributed by atoms with Crippen LogP contribution in [0.1, 0.15) is 30.1 Å². The Balaban J connectivity index is 2.03. The summed E-state index contributed by atoms with van der Waals surface area (Å²) in [6.07, 6.45) is 1.92. The lowest BCUT2D eigenvalue weighted by atomic mass is 9.93. The van der Waals surface area contributed by atoms with Crippen molar-refractivity contribution in [2.24, 2.45) is 5.92 Å². The van der Waals surface area contributed by atoms with Crippen molar-refractivity contribution in [1.29, 1.82) is 0 Å². The summed E-state index contributed by atoms with van der Waals surface area (Å²) in [5.41, 5.74) is 0.105. The number of hydrogen-bond acceptors (Lipinski definition) is 5. The van der Waals surface area contributed by atoms with E-state index in [1.165, 1.54) is 0 Å². The van der Waals surface area contributed by atoms with Gasteiger partial charge >= 0.3 is 5.97 Å². The Morgan fingerprint density at radius 3 is 2.90 bits per heavy atom. The fourth-order valence-electron chi connectivity index (χ4n) is 2.54. The van der Waals surface area contributed by atoms with Crippen LogP contribution in [-0.4, -0.2) is 35.9 Å². The average Bonchev–Trinajstić information content (AvgIpc) is 3.26. The quantitative estimate of drug-likeness (QED) is 0.486. The van der Waals surface area contributed by atoms with Crippen molar-refractivity contribution in [2.75, 3.05) is 18.1 Å². The van der Waals surface area contributed by atoms with Gasteiger partial charge in [-0.2, -0.15) is 0 Å². The number of ether oxygens (including phenoxy) is 1. The molecule has 5 nitrogen and oxygen atoms in total. The second-order valence-electron chi connectivity index (χ2n) is 5.18. The second kappa shape index (κ2) is 5.26. The highest BCUT2D eigenvalue weighted by molar-refractivity contribution is 6.30. The van der Waals surface area contributed by atoms with Crippen LogP contribution in [0.15, 0.2) is 6.07 Å². The number of carbonyl (C=O) groups is 2. The number of anilines is 1. The molecule has 1 aromatic heterocycles. The first-order chi connectivity index (χ1) is 10.0. The molecule has 2 heterocycles. The minimum Gasteiger partial charge on any atom is -0.465 e. The van der Waals surface area contributed by atoms with E-state index in [4.69, 9.17) is 16.3 Å². The smallest absolute Gasteiger partial charge is 0.318 e. The van der Waals surface area contributed by atoms with Crippen molar-refractivity contribution in [3.8, 4) is 0 Å². The van der Waals surface area contributed by atoms with Gasteiger partial charge in [-0.05, 0) is 25.8 Å². The molecule has 1 fully saturated rings. The summed E-state index contributed by atoms with van der Waals surface area (Å²) in [6, 6.07) is 1.29. The van der Waals surface area contributed by atoms with Crippen LogP contribution in [0.5, 0.6) is 0 Å². The van der Waals surface area contributed by atoms with Gasteiger partial charge in [0.15, 0.2) is 16.8 Å². The maximum atomic E-state index is 13.6. The van der Waals surface area contributed by atoms with Crippen molar-refractivity contribution in [2.45, 2.75) is 25.8 Å². The molecule has 3 rings (SSSR count). The Labute approximate surface area is 126 Å². The van der Waals surface area contributed by atoms with Gasteiger partial charge in [-0.15, -0.1) is 0 Å². The number of hydrogen-bond donors (Lipinski definition) is 0. The van der Waals surface area contributed by atoms with Crippen LogP contribution in [0.4, 0.5) is 10.2 Å². The Morgan fingerprint density at radius 1 is 1.57 bits per heavy atom. The van der Waals surface area contributed by atoms with Gasteiger partial charge in [0, 0.05) is 12.6 Å². The number of aromatic nitrogens is 1. The lowest BCUT2D eigenvalue weighted by molar-refractivity contribution is -0.145. The summed E-state index contributed by atoms with van der Waals surface area (Å²) in [5, 5.41) is -0.262. The molecule has 0 aromatic carbocycles. The number of ketones is 1. The number of Topliss-reactive ketones (excluding diaryl/α,β-unsaturated/α-hetero) is 1. The van der Waals surface area contributed by atoms with E-state index >= 15 is 0 Å². The van der Waals surface area contributed by atoms with Crippen LogP contribution in [0.25, 0.3) is 0 Å². The maximum absolute atomic E-state index is 13.6. The predicted octanol–water partition coefficient (Wildman–Crippen LogP) is 2.22. The third-order valence-corrected chi connectivity index (χ3v) is 3.97. The molecule has 21 heavy (non-hydrogen) atoms. The number of nitrogens with zero attached hydrogens (tertiary/aromatic N) is 2. The monoisotopic (exact) mass is 312 g/mol. The standard InChI is InChI=1S/C14H14ClFN2O3/c1-2-21-14(20)9-6-18(7-3-4-7)13-8(11(9)19)5-10(16)12(15)17-13/h5,7,9H,2-4,6H2,1H3. The van der Waals surface area contributed by atoms with Crippen LogP contribution in [-0.2, 0) is 9.53 Å². The molecule has 0 amide bonds. The van der Waals surface area contributed by atoms with Crippen molar-refractivity contribution in [3.63, 3.8) is 0 Å². The molecule has 7 heteroatoms. The van der Waals surface area contributed by atoms with E-state index in [9.17, 15) is 14.0 Å². The van der Waals surface area contributed by atoms with Gasteiger partial charge in [0.25, 0.3) is 0 Å². The van der Waals surface area contributed by atoms with E-state index in [0.717, 1.165) is 18.9 Å². The van der Waals surface area contributed by atoms with Crippen molar-refractivity contribution in [1.82, 2.24) is 4.98 Å². The second-order valence-corrected chi connectivity index (χ2v) is 5.54. The first kappa shape index (κ1) is 14.3. The minimum atomic E-state index is -0.930. The molecule has 2 aliphatic rings. The van der Waals surface area contributed by atoms with Crippen LogP contribution < -0.4 is 4.90 Å². The summed E-state index contributed by atoms with van der Waals surface area (Å²) >= 11 is 5.72. The van der Waals surface area contributed by atoms with Crippen molar-refractivity contribution >= 4 is 29.2 Å². The third kappa shape index (κ3) is 2.48. The van der Waals surface area contributed by atoms with E-state index in [0.29, 0.717) is 5.82 Å². The highest BCUT2D eigenvalue weighted by Crippen LogP contribution is 2.38. The van der Waals surface area contributed by atoms with Crippen LogP contribution in [0, 0.1) is 11.7 Å². The molecule has 1 aromatic rings. The number of carbonyl (C=O) groups excluding carboxylic acids is 2. The molecule has 0 bridgehead atoms. The summed E-state index contributed by atoms with van der Waals surface area (Å²) in [7, 11) is 0. The lowest BCUT2D eigenvalue weighted by Gasteiger charge is -2.33. The maximum Gasteiger partial charge on any atom is 0.318 e. The highest BCUT2D eigenvalue weighted by Gasteiger charge is 2.43. The topological polar surface area (TPSA) is 59.5 Å². The largest absolute Gasteiger partial charge is 0.465 e. The zero-order valence-corrected chi connectivity index (χ0v) is 12.2. The molecule has 1 aliphatic carbocycles. The summed E-state index contributed by atoms with van der Waals surface area (Å²) in [5.74, 6) is -2.35. The van der Waals surface area contributed by atoms with Crippen molar-refractivity contribution in [3.05, 3.63) is 22.6 Å². The number of rotatable bonds is 3. The zero-order valence-electron chi connectivity index (χ0n) is 11.4. The van der Waals surface area contributed by atoms with Gasteiger partial charge in [-0.25, -0.2) is 9.37 Å². The first-order valence-corrected chi connectivity index (χ1v) is 7.24. The van der Waals surface area contributed by atoms with Gasteiger partial charge in [0.05, 0.1) is 12.2 Å². The van der Waals surface area contributed by atoms with Crippen LogP contribution in [0.2, 0.25) is 5.15 Å². The van der Waals surface area contributed by atoms with Crippen LogP contribution >= 0.6 is 11.6 Å². The molecule has 1 atom stereocenters. The van der Waals surface area contributed by atoms with E-state index in [2.05, 4.69) is 4.98 Å². The number of pyridine rings is 1. The molecule has 1 aliphatic heterocycles. The Bertz CT molecular complexity index is 618. The molecule has 0 saturated heterocycles. The molecule has 112 valence electrons. The summed E-state index contributed by atoms with van der Waals surface area (Å²) < 4.78 is 18.6. The zero-order chi connectivity index (χ0) is 15.1. The first-order valence-electron chi connectivity index (χ1n) is 6.86. The van der Waals surface area contributed by atoms with Crippen molar-refractivity contribution < 1.29 is 18.7 Å². The molecule has 0 N–H and O–H groups in total. The Hall–Kier alpha value is -1.69. The molecular weight excluding hydrogens is 299 g/mol. The van der Waals surface area contributed by atoms with E-state index in [-0.39, 0.29) is 29.9 Å². The highest BCUT2D eigenvalue weighted by atomic mass is 35.5. The minimum absolute atomic E-state index is 0.105. The average molecular weight is 313 g/mol. The van der Waals surface area contributed by atoms with Gasteiger partial charge in [-0.3, -0.25) is 9.59 Å². The van der Waals surface area contributed by atoms with Gasteiger partial charge in [-0.1, -0.05) is 11.6 Å². The normalized spacial score (nSPS) is 21.2. The van der Waals surface area contributed by atoms with Gasteiger partial charge in [0.2, 0.25) is 0 Å². The summed E-state index contributed by atoms with van der Waals surface area (Å²) in [4.78, 5) is 30.2. The fourth-order valence-corrected chi connectivity index (χ4v) is 2.68. The molecular formula is C14H14ClFN2O3. The number of fused-ring (bicyclic) bond motifs is 1. The molecule has 1 unspecified atom stereocenters. The molecule has 0 spiro atoms.